The molecule has 1 aromatic rings. The quantitative estimate of drug-likeness (QED) is 0.896. The Morgan fingerprint density at radius 2 is 2.25 bits per heavy atom. The number of thioether (sulfide) groups is 1. The molecule has 1 fully saturated rings. The molecule has 0 bridgehead atoms. The third-order valence-electron chi connectivity index (χ3n) is 2.52. The van der Waals surface area contributed by atoms with Gasteiger partial charge in [-0.15, -0.1) is 0 Å². The predicted molar refractivity (Wildman–Crippen MR) is 71.1 cm³/mol. The molecule has 2 nitrogen and oxygen atoms in total. The summed E-state index contributed by atoms with van der Waals surface area (Å²) in [6, 6.07) is 3.66. The lowest BCUT2D eigenvalue weighted by Gasteiger charge is -2.24. The van der Waals surface area contributed by atoms with Gasteiger partial charge >= 0.3 is 0 Å². The average Bonchev–Trinajstić information content (AvgIpc) is 2.29. The zero-order valence-corrected chi connectivity index (χ0v) is 11.3. The van der Waals surface area contributed by atoms with Crippen molar-refractivity contribution < 1.29 is 4.74 Å². The summed E-state index contributed by atoms with van der Waals surface area (Å²) in [6.07, 6.45) is 0. The third-order valence-corrected chi connectivity index (χ3v) is 4.28. The Morgan fingerprint density at radius 1 is 1.44 bits per heavy atom. The molecule has 0 aromatic heterocycles. The molecule has 1 heterocycles. The van der Waals surface area contributed by atoms with Crippen LogP contribution in [-0.2, 0) is 0 Å². The fourth-order valence-electron chi connectivity index (χ4n) is 1.80. The van der Waals surface area contributed by atoms with Crippen molar-refractivity contribution in [3.05, 3.63) is 27.7 Å². The number of nitrogens with one attached hydrogen (secondary N) is 1. The van der Waals surface area contributed by atoms with Gasteiger partial charge in [-0.25, -0.2) is 0 Å². The first kappa shape index (κ1) is 12.4. The van der Waals surface area contributed by atoms with Crippen molar-refractivity contribution in [3.8, 4) is 5.75 Å². The molecule has 1 aromatic carbocycles. The van der Waals surface area contributed by atoms with E-state index in [4.69, 9.17) is 27.9 Å². The Morgan fingerprint density at radius 3 is 2.88 bits per heavy atom. The van der Waals surface area contributed by atoms with E-state index < -0.39 is 0 Å². The summed E-state index contributed by atoms with van der Waals surface area (Å²) in [6.45, 7) is 1.98. The lowest BCUT2D eigenvalue weighted by atomic mass is 10.1. The van der Waals surface area contributed by atoms with E-state index in [0.717, 1.165) is 30.2 Å². The Hall–Kier alpha value is -0.0900. The highest BCUT2D eigenvalue weighted by atomic mass is 35.5. The summed E-state index contributed by atoms with van der Waals surface area (Å²) in [5, 5.41) is 4.96. The highest BCUT2D eigenvalue weighted by molar-refractivity contribution is 7.99. The molecule has 1 saturated heterocycles. The molecule has 16 heavy (non-hydrogen) atoms. The largest absolute Gasteiger partial charge is 0.495 e. The number of benzene rings is 1. The molecule has 1 unspecified atom stereocenters. The molecular formula is C11H13Cl2NOS. The van der Waals surface area contributed by atoms with Gasteiger partial charge in [0.05, 0.1) is 12.1 Å². The lowest BCUT2D eigenvalue weighted by Crippen LogP contribution is -2.28. The summed E-state index contributed by atoms with van der Waals surface area (Å²) in [7, 11) is 1.64. The van der Waals surface area contributed by atoms with Crippen LogP contribution >= 0.6 is 35.0 Å². The second-order valence-electron chi connectivity index (χ2n) is 3.57. The zero-order chi connectivity index (χ0) is 11.5. The topological polar surface area (TPSA) is 21.3 Å². The number of rotatable bonds is 2. The molecule has 1 atom stereocenters. The number of hydrogen-bond donors (Lipinski definition) is 1. The van der Waals surface area contributed by atoms with Crippen LogP contribution in [0.25, 0.3) is 0 Å². The van der Waals surface area contributed by atoms with Gasteiger partial charge < -0.3 is 10.1 Å². The first-order valence-electron chi connectivity index (χ1n) is 5.07. The normalized spacial score (nSPS) is 20.8. The van der Waals surface area contributed by atoms with Crippen LogP contribution in [0.1, 0.15) is 10.8 Å². The smallest absolute Gasteiger partial charge is 0.141 e. The van der Waals surface area contributed by atoms with Crippen molar-refractivity contribution in [2.75, 3.05) is 26.0 Å². The highest BCUT2D eigenvalue weighted by Gasteiger charge is 2.21. The predicted octanol–water partition coefficient (Wildman–Crippen LogP) is 3.38. The summed E-state index contributed by atoms with van der Waals surface area (Å²) in [4.78, 5) is 0. The van der Waals surface area contributed by atoms with Crippen LogP contribution < -0.4 is 10.1 Å². The van der Waals surface area contributed by atoms with Crippen LogP contribution in [0.4, 0.5) is 0 Å². The molecule has 0 saturated carbocycles. The third kappa shape index (κ3) is 2.59. The van der Waals surface area contributed by atoms with Crippen molar-refractivity contribution in [2.45, 2.75) is 5.25 Å². The maximum absolute atomic E-state index is 6.11. The van der Waals surface area contributed by atoms with E-state index >= 15 is 0 Å². The van der Waals surface area contributed by atoms with Gasteiger partial charge in [0.25, 0.3) is 0 Å². The van der Waals surface area contributed by atoms with E-state index in [2.05, 4.69) is 5.32 Å². The molecular weight excluding hydrogens is 265 g/mol. The van der Waals surface area contributed by atoms with Crippen molar-refractivity contribution >= 4 is 35.0 Å². The van der Waals surface area contributed by atoms with Crippen molar-refractivity contribution in [1.82, 2.24) is 5.32 Å². The van der Waals surface area contributed by atoms with Crippen molar-refractivity contribution in [2.24, 2.45) is 0 Å². The number of methoxy groups -OCH3 is 1. The lowest BCUT2D eigenvalue weighted by molar-refractivity contribution is 0.409. The van der Waals surface area contributed by atoms with Crippen molar-refractivity contribution in [3.63, 3.8) is 0 Å². The van der Waals surface area contributed by atoms with E-state index in [1.54, 1.807) is 13.2 Å². The first-order valence-corrected chi connectivity index (χ1v) is 6.88. The molecule has 0 spiro atoms. The monoisotopic (exact) mass is 277 g/mol. The number of ether oxygens (including phenoxy) is 1. The zero-order valence-electron chi connectivity index (χ0n) is 8.93. The van der Waals surface area contributed by atoms with E-state index in [-0.39, 0.29) is 0 Å². The minimum absolute atomic E-state index is 0.361. The van der Waals surface area contributed by atoms with Crippen LogP contribution in [0.2, 0.25) is 10.0 Å². The molecule has 1 N–H and O–H groups in total. The second kappa shape index (κ2) is 5.50. The number of hydrogen-bond acceptors (Lipinski definition) is 3. The minimum atomic E-state index is 0.361. The summed E-state index contributed by atoms with van der Waals surface area (Å²) in [5.41, 5.74) is 1.08. The van der Waals surface area contributed by atoms with Gasteiger partial charge in [0.2, 0.25) is 0 Å². The molecule has 5 heteroatoms. The first-order chi connectivity index (χ1) is 7.72. The maximum atomic E-state index is 6.11. The molecule has 1 aliphatic rings. The molecule has 2 rings (SSSR count). The SMILES string of the molecule is COc1c(Cl)cc(Cl)cc1C1CNCCS1. The second-order valence-corrected chi connectivity index (χ2v) is 5.73. The Bertz CT molecular complexity index is 380. The molecule has 0 radical (unpaired) electrons. The summed E-state index contributed by atoms with van der Waals surface area (Å²) < 4.78 is 5.35. The molecule has 1 aliphatic heterocycles. The van der Waals surface area contributed by atoms with Crippen molar-refractivity contribution in [1.29, 1.82) is 0 Å². The van der Waals surface area contributed by atoms with E-state index in [0.29, 0.717) is 15.3 Å². The van der Waals surface area contributed by atoms with Gasteiger partial charge in [-0.05, 0) is 12.1 Å². The standard InChI is InChI=1S/C11H13Cl2NOS/c1-15-11-8(4-7(12)5-9(11)13)10-6-14-2-3-16-10/h4-5,10,14H,2-3,6H2,1H3. The summed E-state index contributed by atoms with van der Waals surface area (Å²) in [5.74, 6) is 1.84. The van der Waals surface area contributed by atoms with Crippen LogP contribution in [0, 0.1) is 0 Å². The van der Waals surface area contributed by atoms with Crippen LogP contribution in [0.3, 0.4) is 0 Å². The van der Waals surface area contributed by atoms with Gasteiger partial charge in [-0.1, -0.05) is 23.2 Å². The molecule has 0 aliphatic carbocycles. The molecule has 0 amide bonds. The van der Waals surface area contributed by atoms with E-state index in [1.165, 1.54) is 0 Å². The average molecular weight is 278 g/mol. The highest BCUT2D eigenvalue weighted by Crippen LogP contribution is 2.41. The van der Waals surface area contributed by atoms with Gasteiger partial charge in [-0.2, -0.15) is 11.8 Å². The fraction of sp³-hybridized carbons (Fsp3) is 0.455. The van der Waals surface area contributed by atoms with Gasteiger partial charge in [0.1, 0.15) is 5.75 Å². The Labute approximate surface area is 110 Å². The van der Waals surface area contributed by atoms with E-state index in [1.807, 2.05) is 17.8 Å². The minimum Gasteiger partial charge on any atom is -0.495 e. The van der Waals surface area contributed by atoms with Crippen LogP contribution in [0.5, 0.6) is 5.75 Å². The summed E-state index contributed by atoms with van der Waals surface area (Å²) >= 11 is 14.0. The number of halogens is 2. The van der Waals surface area contributed by atoms with E-state index in [9.17, 15) is 0 Å². The van der Waals surface area contributed by atoms with Gasteiger partial charge in [-0.3, -0.25) is 0 Å². The van der Waals surface area contributed by atoms with Crippen LogP contribution in [0.15, 0.2) is 12.1 Å². The van der Waals surface area contributed by atoms with Crippen LogP contribution in [-0.4, -0.2) is 26.0 Å². The maximum Gasteiger partial charge on any atom is 0.141 e. The van der Waals surface area contributed by atoms with Gasteiger partial charge in [0.15, 0.2) is 0 Å². The Kier molecular flexibility index (Phi) is 4.25. The fourth-order valence-corrected chi connectivity index (χ4v) is 3.52. The Balaban J connectivity index is 2.36. The van der Waals surface area contributed by atoms with Gasteiger partial charge in [0, 0.05) is 34.7 Å². The molecule has 88 valence electrons.